The van der Waals surface area contributed by atoms with Gasteiger partial charge in [0.1, 0.15) is 11.6 Å². The van der Waals surface area contributed by atoms with Crippen LogP contribution in [0.5, 0.6) is 5.88 Å². The SMILES string of the molecule is COc1cc(=O)n2[nH]cc(C#N)c2n1. The van der Waals surface area contributed by atoms with Gasteiger partial charge in [-0.1, -0.05) is 0 Å². The molecular formula is C8H6N4O2. The summed E-state index contributed by atoms with van der Waals surface area (Å²) >= 11 is 0. The first-order valence-electron chi connectivity index (χ1n) is 3.81. The molecule has 0 aliphatic heterocycles. The van der Waals surface area contributed by atoms with E-state index in [2.05, 4.69) is 10.1 Å². The highest BCUT2D eigenvalue weighted by Crippen LogP contribution is 2.08. The van der Waals surface area contributed by atoms with Crippen LogP contribution in [0.25, 0.3) is 5.65 Å². The van der Waals surface area contributed by atoms with Crippen molar-refractivity contribution >= 4 is 5.65 Å². The lowest BCUT2D eigenvalue weighted by molar-refractivity contribution is 0.397. The van der Waals surface area contributed by atoms with Crippen LogP contribution in [0.15, 0.2) is 17.1 Å². The second-order valence-electron chi connectivity index (χ2n) is 2.59. The lowest BCUT2D eigenvalue weighted by Gasteiger charge is -1.97. The summed E-state index contributed by atoms with van der Waals surface area (Å²) in [7, 11) is 1.41. The van der Waals surface area contributed by atoms with Gasteiger partial charge in [0.05, 0.1) is 13.2 Å². The third-order valence-electron chi connectivity index (χ3n) is 1.80. The Labute approximate surface area is 78.4 Å². The van der Waals surface area contributed by atoms with Crippen molar-refractivity contribution < 1.29 is 4.74 Å². The molecule has 0 saturated heterocycles. The molecule has 0 unspecified atom stereocenters. The lowest BCUT2D eigenvalue weighted by atomic mass is 10.4. The Balaban J connectivity index is 2.89. The maximum absolute atomic E-state index is 11.4. The quantitative estimate of drug-likeness (QED) is 0.680. The van der Waals surface area contributed by atoms with Gasteiger partial charge in [-0.3, -0.25) is 9.89 Å². The first-order valence-corrected chi connectivity index (χ1v) is 3.81. The van der Waals surface area contributed by atoms with Gasteiger partial charge in [-0.25, -0.2) is 4.52 Å². The van der Waals surface area contributed by atoms with Gasteiger partial charge in [0.15, 0.2) is 5.65 Å². The van der Waals surface area contributed by atoms with Gasteiger partial charge < -0.3 is 4.74 Å². The van der Waals surface area contributed by atoms with Crippen molar-refractivity contribution in [2.24, 2.45) is 0 Å². The van der Waals surface area contributed by atoms with E-state index in [1.807, 2.05) is 6.07 Å². The molecule has 0 saturated carbocycles. The first kappa shape index (κ1) is 8.31. The normalized spacial score (nSPS) is 10.0. The van der Waals surface area contributed by atoms with Crippen molar-refractivity contribution in [1.29, 1.82) is 5.26 Å². The summed E-state index contributed by atoms with van der Waals surface area (Å²) in [4.78, 5) is 15.4. The van der Waals surface area contributed by atoms with Crippen molar-refractivity contribution in [2.75, 3.05) is 7.11 Å². The smallest absolute Gasteiger partial charge is 0.276 e. The minimum atomic E-state index is -0.312. The molecule has 1 N–H and O–H groups in total. The number of hydrogen-bond donors (Lipinski definition) is 1. The van der Waals surface area contributed by atoms with Crippen molar-refractivity contribution in [3.63, 3.8) is 0 Å². The summed E-state index contributed by atoms with van der Waals surface area (Å²) in [6, 6.07) is 3.16. The number of nitrogens with one attached hydrogen (secondary N) is 1. The van der Waals surface area contributed by atoms with Gasteiger partial charge in [-0.15, -0.1) is 0 Å². The highest BCUT2D eigenvalue weighted by molar-refractivity contribution is 5.54. The molecule has 2 aromatic rings. The van der Waals surface area contributed by atoms with E-state index in [-0.39, 0.29) is 17.1 Å². The molecule has 70 valence electrons. The predicted octanol–water partition coefficient (Wildman–Crippen LogP) is -0.0971. The minimum absolute atomic E-state index is 0.200. The van der Waals surface area contributed by atoms with Crippen LogP contribution in [0.3, 0.4) is 0 Å². The molecule has 0 aliphatic carbocycles. The van der Waals surface area contributed by atoms with Crippen LogP contribution in [0.2, 0.25) is 0 Å². The van der Waals surface area contributed by atoms with Gasteiger partial charge >= 0.3 is 0 Å². The summed E-state index contributed by atoms with van der Waals surface area (Å²) in [6.45, 7) is 0. The number of fused-ring (bicyclic) bond motifs is 1. The van der Waals surface area contributed by atoms with Crippen molar-refractivity contribution in [1.82, 2.24) is 14.6 Å². The number of H-pyrrole nitrogens is 1. The van der Waals surface area contributed by atoms with E-state index in [0.717, 1.165) is 0 Å². The van der Waals surface area contributed by atoms with E-state index in [9.17, 15) is 4.79 Å². The van der Waals surface area contributed by atoms with Crippen molar-refractivity contribution in [3.8, 4) is 11.9 Å². The van der Waals surface area contributed by atoms with E-state index < -0.39 is 0 Å². The fraction of sp³-hybridized carbons (Fsp3) is 0.125. The summed E-state index contributed by atoms with van der Waals surface area (Å²) in [5.41, 5.74) is 0.270. The number of aromatic amines is 1. The van der Waals surface area contributed by atoms with Gasteiger partial charge in [0.2, 0.25) is 5.88 Å². The zero-order chi connectivity index (χ0) is 10.1. The number of methoxy groups -OCH3 is 1. The average molecular weight is 190 g/mol. The number of nitriles is 1. The molecule has 6 heteroatoms. The van der Waals surface area contributed by atoms with E-state index in [1.54, 1.807) is 0 Å². The Morgan fingerprint density at radius 2 is 2.50 bits per heavy atom. The van der Waals surface area contributed by atoms with Gasteiger partial charge in [0, 0.05) is 6.20 Å². The Bertz CT molecular complexity index is 575. The fourth-order valence-electron chi connectivity index (χ4n) is 1.15. The van der Waals surface area contributed by atoms with Crippen LogP contribution in [-0.2, 0) is 0 Å². The van der Waals surface area contributed by atoms with E-state index in [0.29, 0.717) is 5.56 Å². The number of aromatic nitrogens is 3. The Morgan fingerprint density at radius 1 is 1.71 bits per heavy atom. The number of nitrogens with zero attached hydrogens (tertiary/aromatic N) is 3. The summed E-state index contributed by atoms with van der Waals surface area (Å²) in [5.74, 6) is 0.200. The third-order valence-corrected chi connectivity index (χ3v) is 1.80. The molecule has 0 radical (unpaired) electrons. The summed E-state index contributed by atoms with van der Waals surface area (Å²) in [6.07, 6.45) is 1.42. The van der Waals surface area contributed by atoms with Crippen molar-refractivity contribution in [3.05, 3.63) is 28.2 Å². The Kier molecular flexibility index (Phi) is 1.71. The number of ether oxygens (including phenoxy) is 1. The molecule has 0 bridgehead atoms. The maximum Gasteiger partial charge on any atom is 0.276 e. The van der Waals surface area contributed by atoms with Gasteiger partial charge in [-0.05, 0) is 0 Å². The van der Waals surface area contributed by atoms with Crippen LogP contribution >= 0.6 is 0 Å². The predicted molar refractivity (Wildman–Crippen MR) is 47.1 cm³/mol. The molecule has 0 atom stereocenters. The molecule has 0 amide bonds. The van der Waals surface area contributed by atoms with E-state index in [4.69, 9.17) is 10.00 Å². The minimum Gasteiger partial charge on any atom is -0.481 e. The Morgan fingerprint density at radius 3 is 3.14 bits per heavy atom. The Hall–Kier alpha value is -2.29. The maximum atomic E-state index is 11.4. The molecule has 2 heterocycles. The van der Waals surface area contributed by atoms with Crippen LogP contribution in [0.4, 0.5) is 0 Å². The zero-order valence-electron chi connectivity index (χ0n) is 7.31. The number of hydrogen-bond acceptors (Lipinski definition) is 4. The number of rotatable bonds is 1. The average Bonchev–Trinajstić information content (AvgIpc) is 2.61. The molecule has 2 aromatic heterocycles. The first-order chi connectivity index (χ1) is 6.76. The second-order valence-corrected chi connectivity index (χ2v) is 2.59. The van der Waals surface area contributed by atoms with Crippen LogP contribution < -0.4 is 10.3 Å². The topological polar surface area (TPSA) is 83.2 Å². The molecular weight excluding hydrogens is 184 g/mol. The monoisotopic (exact) mass is 190 g/mol. The third kappa shape index (κ3) is 1.03. The molecule has 14 heavy (non-hydrogen) atoms. The molecule has 0 fully saturated rings. The fourth-order valence-corrected chi connectivity index (χ4v) is 1.15. The van der Waals surface area contributed by atoms with Crippen molar-refractivity contribution in [2.45, 2.75) is 0 Å². The highest BCUT2D eigenvalue weighted by atomic mass is 16.5. The zero-order valence-corrected chi connectivity index (χ0v) is 7.31. The van der Waals surface area contributed by atoms with Gasteiger partial charge in [0.25, 0.3) is 5.56 Å². The van der Waals surface area contributed by atoms with E-state index in [1.165, 1.54) is 23.9 Å². The van der Waals surface area contributed by atoms with Crippen LogP contribution in [0.1, 0.15) is 5.56 Å². The summed E-state index contributed by atoms with van der Waals surface area (Å²) < 4.78 is 6.01. The molecule has 0 aromatic carbocycles. The molecule has 0 spiro atoms. The molecule has 0 aliphatic rings. The van der Waals surface area contributed by atoms with Crippen LogP contribution in [0, 0.1) is 11.3 Å². The van der Waals surface area contributed by atoms with Crippen LogP contribution in [-0.4, -0.2) is 21.7 Å². The van der Waals surface area contributed by atoms with E-state index >= 15 is 0 Å². The largest absolute Gasteiger partial charge is 0.481 e. The second kappa shape index (κ2) is 2.88. The standard InChI is InChI=1S/C8H6N4O2/c1-14-6-2-7(13)12-8(11-6)5(3-9)4-10-12/h2,4,10H,1H3. The molecule has 6 nitrogen and oxygen atoms in total. The highest BCUT2D eigenvalue weighted by Gasteiger charge is 2.07. The van der Waals surface area contributed by atoms with Gasteiger partial charge in [-0.2, -0.15) is 10.2 Å². The lowest BCUT2D eigenvalue weighted by Crippen LogP contribution is -2.14. The summed E-state index contributed by atoms with van der Waals surface area (Å²) in [5, 5.41) is 11.3. The molecule has 2 rings (SSSR count).